The lowest BCUT2D eigenvalue weighted by Crippen LogP contribution is -2.58. The first-order chi connectivity index (χ1) is 19.0. The van der Waals surface area contributed by atoms with E-state index >= 15 is 0 Å². The van der Waals surface area contributed by atoms with Crippen LogP contribution in [0, 0.1) is 0 Å². The number of hydrogen-bond donors (Lipinski definition) is 7. The van der Waals surface area contributed by atoms with E-state index in [1.807, 2.05) is 6.92 Å². The van der Waals surface area contributed by atoms with E-state index < -0.39 is 36.2 Å². The van der Waals surface area contributed by atoms with Crippen molar-refractivity contribution in [3.63, 3.8) is 0 Å². The molecule has 40 heavy (non-hydrogen) atoms. The smallest absolute Gasteiger partial charge is 0.246 e. The molecule has 0 unspecified atom stereocenters. The third kappa shape index (κ3) is 9.59. The summed E-state index contributed by atoms with van der Waals surface area (Å²) in [6, 6.07) is -3.51. The van der Waals surface area contributed by atoms with E-state index in [1.165, 1.54) is 11.8 Å². The molecule has 0 aromatic carbocycles. The Kier molecular flexibility index (Phi) is 13.6. The van der Waals surface area contributed by atoms with Gasteiger partial charge < -0.3 is 48.5 Å². The van der Waals surface area contributed by atoms with Gasteiger partial charge in [-0.1, -0.05) is 0 Å². The third-order valence-electron chi connectivity index (χ3n) is 7.52. The van der Waals surface area contributed by atoms with E-state index in [9.17, 15) is 24.3 Å². The molecule has 2 fully saturated rings. The quantitative estimate of drug-likeness (QED) is 0.0648. The van der Waals surface area contributed by atoms with Gasteiger partial charge in [-0.05, 0) is 78.2 Å². The van der Waals surface area contributed by atoms with Gasteiger partial charge in [-0.2, -0.15) is 0 Å². The van der Waals surface area contributed by atoms with Crippen molar-refractivity contribution in [1.29, 1.82) is 0 Å². The van der Waals surface area contributed by atoms with E-state index in [2.05, 4.69) is 15.6 Å². The molecular weight excluding hydrogens is 518 g/mol. The summed E-state index contributed by atoms with van der Waals surface area (Å²) >= 11 is 0. The number of hydrogen-bond acceptors (Lipinski definition) is 8. The number of likely N-dealkylation sites (tertiary alicyclic amines) is 2. The highest BCUT2D eigenvalue weighted by Gasteiger charge is 2.43. The Labute approximate surface area is 236 Å². The number of amides is 4. The van der Waals surface area contributed by atoms with Gasteiger partial charge in [-0.25, -0.2) is 0 Å². The van der Waals surface area contributed by atoms with Gasteiger partial charge in [-0.3, -0.25) is 24.2 Å². The molecule has 2 aliphatic rings. The fourth-order valence-electron chi connectivity index (χ4n) is 5.24. The number of nitrogens with zero attached hydrogens (tertiary/aromatic N) is 3. The Balaban J connectivity index is 2.06. The number of aliphatic imine (C=N–C) groups is 1. The highest BCUT2D eigenvalue weighted by atomic mass is 16.3. The Morgan fingerprint density at radius 3 is 2.23 bits per heavy atom. The minimum atomic E-state index is -1.18. The average Bonchev–Trinajstić information content (AvgIpc) is 3.59. The van der Waals surface area contributed by atoms with Gasteiger partial charge in [0.25, 0.3) is 0 Å². The predicted molar refractivity (Wildman–Crippen MR) is 151 cm³/mol. The van der Waals surface area contributed by atoms with Gasteiger partial charge in [0, 0.05) is 25.7 Å². The molecule has 2 rings (SSSR count). The number of aliphatic hydroxyl groups excluding tert-OH is 1. The molecule has 14 nitrogen and oxygen atoms in total. The Bertz CT molecular complexity index is 896. The lowest BCUT2D eigenvalue weighted by molar-refractivity contribution is -0.148. The molecule has 0 radical (unpaired) electrons. The lowest BCUT2D eigenvalue weighted by atomic mass is 10.1. The number of carbonyl (C=O) groups is 4. The lowest BCUT2D eigenvalue weighted by Gasteiger charge is -2.33. The highest BCUT2D eigenvalue weighted by molar-refractivity contribution is 5.95. The van der Waals surface area contributed by atoms with E-state index in [0.29, 0.717) is 84.0 Å². The number of nitrogens with two attached hydrogens (primary N) is 4. The van der Waals surface area contributed by atoms with Gasteiger partial charge in [0.2, 0.25) is 23.6 Å². The van der Waals surface area contributed by atoms with Gasteiger partial charge in [-0.15, -0.1) is 0 Å². The van der Waals surface area contributed by atoms with Gasteiger partial charge in [0.05, 0.1) is 6.10 Å². The largest absolute Gasteiger partial charge is 0.391 e. The molecule has 0 aliphatic carbocycles. The van der Waals surface area contributed by atoms with Gasteiger partial charge >= 0.3 is 0 Å². The monoisotopic (exact) mass is 567 g/mol. The minimum absolute atomic E-state index is 0.0313. The van der Waals surface area contributed by atoms with Crippen LogP contribution in [0.3, 0.4) is 0 Å². The van der Waals surface area contributed by atoms with Crippen molar-refractivity contribution < 1.29 is 24.3 Å². The van der Waals surface area contributed by atoms with E-state index in [1.54, 1.807) is 4.90 Å². The maximum absolute atomic E-state index is 13.7. The van der Waals surface area contributed by atoms with Crippen molar-refractivity contribution in [2.45, 2.75) is 108 Å². The second-order valence-electron chi connectivity index (χ2n) is 10.8. The van der Waals surface area contributed by atoms with Crippen LogP contribution in [-0.4, -0.2) is 107 Å². The SMILES string of the molecule is C[C@H](CCCN=C(N)N)NC(=O)[C@@H]1CCCN1C(=O)[C@@H]1CCCN1C(=O)[C@H](CCCCN)NC(=O)[C@@H](N)[C@@H](C)O. The van der Waals surface area contributed by atoms with Gasteiger partial charge in [0.1, 0.15) is 24.2 Å². The van der Waals surface area contributed by atoms with Crippen LogP contribution in [0.2, 0.25) is 0 Å². The van der Waals surface area contributed by atoms with Crippen molar-refractivity contribution in [2.75, 3.05) is 26.2 Å². The summed E-state index contributed by atoms with van der Waals surface area (Å²) in [5, 5.41) is 15.4. The maximum Gasteiger partial charge on any atom is 0.246 e. The summed E-state index contributed by atoms with van der Waals surface area (Å²) in [6.07, 6.45) is 4.27. The number of guanidine groups is 1. The van der Waals surface area contributed by atoms with Crippen LogP contribution in [0.4, 0.5) is 0 Å². The molecule has 2 heterocycles. The van der Waals surface area contributed by atoms with Crippen LogP contribution in [0.5, 0.6) is 0 Å². The second-order valence-corrected chi connectivity index (χ2v) is 10.8. The molecule has 4 amide bonds. The summed E-state index contributed by atoms with van der Waals surface area (Å²) in [7, 11) is 0. The van der Waals surface area contributed by atoms with E-state index in [4.69, 9.17) is 22.9 Å². The van der Waals surface area contributed by atoms with Gasteiger partial charge in [0.15, 0.2) is 5.96 Å². The van der Waals surface area contributed by atoms with Crippen molar-refractivity contribution in [2.24, 2.45) is 27.9 Å². The third-order valence-corrected chi connectivity index (χ3v) is 7.52. The van der Waals surface area contributed by atoms with Crippen molar-refractivity contribution >= 4 is 29.6 Å². The molecular formula is C26H49N9O5. The van der Waals surface area contributed by atoms with Crippen molar-refractivity contribution in [1.82, 2.24) is 20.4 Å². The zero-order valence-corrected chi connectivity index (χ0v) is 23.9. The molecule has 0 spiro atoms. The topological polar surface area (TPSA) is 235 Å². The van der Waals surface area contributed by atoms with Crippen LogP contribution in [0.15, 0.2) is 4.99 Å². The molecule has 0 aromatic rings. The highest BCUT2D eigenvalue weighted by Crippen LogP contribution is 2.26. The summed E-state index contributed by atoms with van der Waals surface area (Å²) in [5.74, 6) is -1.43. The number of carbonyl (C=O) groups excluding carboxylic acids is 4. The zero-order valence-electron chi connectivity index (χ0n) is 23.9. The van der Waals surface area contributed by atoms with Crippen LogP contribution >= 0.6 is 0 Å². The number of nitrogens with one attached hydrogen (secondary N) is 2. The summed E-state index contributed by atoms with van der Waals surface area (Å²) in [5.41, 5.74) is 22.1. The van der Waals surface area contributed by atoms with Crippen LogP contribution in [-0.2, 0) is 19.2 Å². The maximum atomic E-state index is 13.7. The fraction of sp³-hybridized carbons (Fsp3) is 0.808. The zero-order chi connectivity index (χ0) is 29.8. The van der Waals surface area contributed by atoms with Crippen LogP contribution < -0.4 is 33.6 Å². The second kappa shape index (κ2) is 16.3. The van der Waals surface area contributed by atoms with Crippen LogP contribution in [0.25, 0.3) is 0 Å². The van der Waals surface area contributed by atoms with Crippen LogP contribution in [0.1, 0.15) is 71.6 Å². The molecule has 11 N–H and O–H groups in total. The Hall–Kier alpha value is -2.97. The molecule has 0 saturated carbocycles. The number of aliphatic hydroxyl groups is 1. The Morgan fingerprint density at radius 2 is 1.60 bits per heavy atom. The number of rotatable bonds is 15. The molecule has 0 aromatic heterocycles. The molecule has 0 bridgehead atoms. The molecule has 14 heteroatoms. The first kappa shape index (κ1) is 33.2. The first-order valence-electron chi connectivity index (χ1n) is 14.4. The summed E-state index contributed by atoms with van der Waals surface area (Å²) in [6.45, 7) is 5.03. The minimum Gasteiger partial charge on any atom is -0.391 e. The normalized spacial score (nSPS) is 21.8. The summed E-state index contributed by atoms with van der Waals surface area (Å²) in [4.78, 5) is 60.0. The summed E-state index contributed by atoms with van der Waals surface area (Å²) < 4.78 is 0. The molecule has 228 valence electrons. The Morgan fingerprint density at radius 1 is 0.950 bits per heavy atom. The molecule has 2 aliphatic heterocycles. The van der Waals surface area contributed by atoms with E-state index in [0.717, 1.165) is 0 Å². The van der Waals surface area contributed by atoms with Crippen molar-refractivity contribution in [3.8, 4) is 0 Å². The predicted octanol–water partition coefficient (Wildman–Crippen LogP) is -2.15. The average molecular weight is 568 g/mol. The number of unbranched alkanes of at least 4 members (excludes halogenated alkanes) is 1. The standard InChI is InChI=1S/C26H49N9O5/c1-16(8-5-13-31-26(29)30)32-22(37)19-10-6-14-34(19)25(40)20-11-7-15-35(20)24(39)18(9-3-4-12-27)33-23(38)21(28)17(2)36/h16-21,36H,3-15,27-28H2,1-2H3,(H,32,37)(H,33,38)(H4,29,30,31)/t16-,17-,18+,19+,20+,21+/m1/s1. The van der Waals surface area contributed by atoms with E-state index in [-0.39, 0.29) is 29.7 Å². The molecule has 6 atom stereocenters. The van der Waals surface area contributed by atoms with Crippen molar-refractivity contribution in [3.05, 3.63) is 0 Å². The first-order valence-corrected chi connectivity index (χ1v) is 14.4. The fourth-order valence-corrected chi connectivity index (χ4v) is 5.24. The molecule has 2 saturated heterocycles.